The normalized spacial score (nSPS) is 20.7. The average Bonchev–Trinajstić information content (AvgIpc) is 2.28. The summed E-state index contributed by atoms with van der Waals surface area (Å²) < 4.78 is 0. The third-order valence-electron chi connectivity index (χ3n) is 3.49. The Morgan fingerprint density at radius 3 is 2.53 bits per heavy atom. The van der Waals surface area contributed by atoms with Crippen molar-refractivity contribution < 1.29 is 0 Å². The molecule has 1 saturated heterocycles. The molecule has 3 N–H and O–H groups in total. The van der Waals surface area contributed by atoms with Crippen molar-refractivity contribution in [2.24, 2.45) is 5.73 Å². The number of anilines is 1. The number of nitrogens with two attached hydrogens (primary N) is 1. The second-order valence-electron chi connectivity index (χ2n) is 5.08. The van der Waals surface area contributed by atoms with E-state index in [4.69, 9.17) is 5.73 Å². The van der Waals surface area contributed by atoms with Gasteiger partial charge in [-0.15, -0.1) is 0 Å². The fraction of sp³-hybridized carbons (Fsp3) is 0.571. The van der Waals surface area contributed by atoms with Crippen LogP contribution in [0, 0.1) is 20.8 Å². The summed E-state index contributed by atoms with van der Waals surface area (Å²) in [5, 5.41) is 3.45. The molecule has 17 heavy (non-hydrogen) atoms. The summed E-state index contributed by atoms with van der Waals surface area (Å²) in [6.07, 6.45) is 0. The van der Waals surface area contributed by atoms with Crippen LogP contribution in [0.1, 0.15) is 16.7 Å². The van der Waals surface area contributed by atoms with Gasteiger partial charge in [0.15, 0.2) is 0 Å². The van der Waals surface area contributed by atoms with Crippen LogP contribution in [0.5, 0.6) is 0 Å². The summed E-state index contributed by atoms with van der Waals surface area (Å²) in [5.74, 6) is 0. The van der Waals surface area contributed by atoms with E-state index in [0.717, 1.165) is 19.6 Å². The first-order valence-electron chi connectivity index (χ1n) is 6.38. The Morgan fingerprint density at radius 2 is 1.94 bits per heavy atom. The minimum atomic E-state index is 0.420. The highest BCUT2D eigenvalue weighted by Crippen LogP contribution is 2.26. The van der Waals surface area contributed by atoms with Crippen LogP contribution in [-0.4, -0.2) is 32.2 Å². The van der Waals surface area contributed by atoms with Crippen LogP contribution < -0.4 is 16.0 Å². The largest absolute Gasteiger partial charge is 0.368 e. The SMILES string of the molecule is Cc1cc(C)c(N2CCNC(CN)C2)c(C)c1. The highest BCUT2D eigenvalue weighted by atomic mass is 15.2. The molecule has 1 aromatic rings. The third kappa shape index (κ3) is 2.61. The number of benzene rings is 1. The summed E-state index contributed by atoms with van der Waals surface area (Å²) in [6, 6.07) is 4.95. The molecule has 0 aliphatic carbocycles. The van der Waals surface area contributed by atoms with E-state index in [9.17, 15) is 0 Å². The fourth-order valence-corrected chi connectivity index (χ4v) is 2.86. The maximum absolute atomic E-state index is 5.75. The smallest absolute Gasteiger partial charge is 0.0426 e. The number of hydrogen-bond acceptors (Lipinski definition) is 3. The summed E-state index contributed by atoms with van der Waals surface area (Å²) in [6.45, 7) is 10.4. The zero-order chi connectivity index (χ0) is 12.4. The van der Waals surface area contributed by atoms with Gasteiger partial charge in [-0.2, -0.15) is 0 Å². The van der Waals surface area contributed by atoms with E-state index in [0.29, 0.717) is 12.6 Å². The van der Waals surface area contributed by atoms with Gasteiger partial charge in [-0.05, 0) is 31.9 Å². The number of aryl methyl sites for hydroxylation is 3. The van der Waals surface area contributed by atoms with Crippen LogP contribution in [0.25, 0.3) is 0 Å². The molecule has 1 aliphatic heterocycles. The van der Waals surface area contributed by atoms with Crippen LogP contribution in [0.2, 0.25) is 0 Å². The first kappa shape index (κ1) is 12.4. The predicted octanol–water partition coefficient (Wildman–Crippen LogP) is 1.35. The van der Waals surface area contributed by atoms with E-state index >= 15 is 0 Å². The maximum atomic E-state index is 5.75. The summed E-state index contributed by atoms with van der Waals surface area (Å²) in [7, 11) is 0. The molecular weight excluding hydrogens is 210 g/mol. The van der Waals surface area contributed by atoms with Gasteiger partial charge in [-0.25, -0.2) is 0 Å². The molecule has 3 nitrogen and oxygen atoms in total. The van der Waals surface area contributed by atoms with Crippen molar-refractivity contribution in [2.75, 3.05) is 31.1 Å². The molecule has 2 rings (SSSR count). The van der Waals surface area contributed by atoms with Gasteiger partial charge in [0.25, 0.3) is 0 Å². The predicted molar refractivity (Wildman–Crippen MR) is 73.7 cm³/mol. The van der Waals surface area contributed by atoms with E-state index in [1.807, 2.05) is 0 Å². The summed E-state index contributed by atoms with van der Waals surface area (Å²) >= 11 is 0. The van der Waals surface area contributed by atoms with Crippen molar-refractivity contribution in [1.82, 2.24) is 5.32 Å². The molecule has 1 aromatic carbocycles. The van der Waals surface area contributed by atoms with E-state index in [1.54, 1.807) is 0 Å². The van der Waals surface area contributed by atoms with Crippen molar-refractivity contribution in [2.45, 2.75) is 26.8 Å². The van der Waals surface area contributed by atoms with E-state index in [1.165, 1.54) is 22.4 Å². The van der Waals surface area contributed by atoms with Gasteiger partial charge in [-0.1, -0.05) is 17.7 Å². The Balaban J connectivity index is 2.27. The lowest BCUT2D eigenvalue weighted by molar-refractivity contribution is 0.463. The second-order valence-corrected chi connectivity index (χ2v) is 5.08. The fourth-order valence-electron chi connectivity index (χ4n) is 2.86. The highest BCUT2D eigenvalue weighted by Gasteiger charge is 2.20. The lowest BCUT2D eigenvalue weighted by Gasteiger charge is -2.36. The zero-order valence-corrected chi connectivity index (χ0v) is 11.1. The number of rotatable bonds is 2. The van der Waals surface area contributed by atoms with Crippen molar-refractivity contribution in [1.29, 1.82) is 0 Å². The Bertz CT molecular complexity index is 377. The van der Waals surface area contributed by atoms with Crippen molar-refractivity contribution in [3.8, 4) is 0 Å². The molecule has 1 unspecified atom stereocenters. The standard InChI is InChI=1S/C14H23N3/c1-10-6-11(2)14(12(3)7-10)17-5-4-16-13(8-15)9-17/h6-7,13,16H,4-5,8-9,15H2,1-3H3. The molecule has 0 bridgehead atoms. The van der Waals surface area contributed by atoms with Gasteiger partial charge in [0.2, 0.25) is 0 Å². The molecule has 3 heteroatoms. The summed E-state index contributed by atoms with van der Waals surface area (Å²) in [4.78, 5) is 2.47. The van der Waals surface area contributed by atoms with Crippen LogP contribution in [0.3, 0.4) is 0 Å². The van der Waals surface area contributed by atoms with Gasteiger partial charge in [0, 0.05) is 37.9 Å². The van der Waals surface area contributed by atoms with Crippen LogP contribution in [0.4, 0.5) is 5.69 Å². The summed E-state index contributed by atoms with van der Waals surface area (Å²) in [5.41, 5.74) is 11.2. The van der Waals surface area contributed by atoms with Gasteiger partial charge in [0.1, 0.15) is 0 Å². The molecule has 0 saturated carbocycles. The van der Waals surface area contributed by atoms with Gasteiger partial charge in [0.05, 0.1) is 0 Å². The van der Waals surface area contributed by atoms with E-state index in [2.05, 4.69) is 43.1 Å². The Morgan fingerprint density at radius 1 is 1.29 bits per heavy atom. The molecule has 1 atom stereocenters. The second kappa shape index (κ2) is 5.07. The van der Waals surface area contributed by atoms with Gasteiger partial charge < -0.3 is 16.0 Å². The van der Waals surface area contributed by atoms with E-state index < -0.39 is 0 Å². The number of hydrogen-bond donors (Lipinski definition) is 2. The lowest BCUT2D eigenvalue weighted by atomic mass is 10.0. The van der Waals surface area contributed by atoms with E-state index in [-0.39, 0.29) is 0 Å². The lowest BCUT2D eigenvalue weighted by Crippen LogP contribution is -2.54. The monoisotopic (exact) mass is 233 g/mol. The minimum Gasteiger partial charge on any atom is -0.368 e. The quantitative estimate of drug-likeness (QED) is 0.810. The van der Waals surface area contributed by atoms with Crippen molar-refractivity contribution in [3.05, 3.63) is 28.8 Å². The zero-order valence-electron chi connectivity index (χ0n) is 11.1. The number of nitrogens with one attached hydrogen (secondary N) is 1. The molecule has 0 aromatic heterocycles. The topological polar surface area (TPSA) is 41.3 Å². The molecule has 1 heterocycles. The van der Waals surface area contributed by atoms with Crippen LogP contribution in [-0.2, 0) is 0 Å². The number of piperazine rings is 1. The van der Waals surface area contributed by atoms with Crippen molar-refractivity contribution in [3.63, 3.8) is 0 Å². The van der Waals surface area contributed by atoms with Gasteiger partial charge in [-0.3, -0.25) is 0 Å². The molecule has 1 aliphatic rings. The highest BCUT2D eigenvalue weighted by molar-refractivity contribution is 5.60. The Hall–Kier alpha value is -1.06. The van der Waals surface area contributed by atoms with Crippen molar-refractivity contribution >= 4 is 5.69 Å². The Labute approximate surface area is 104 Å². The molecule has 0 radical (unpaired) electrons. The molecule has 1 fully saturated rings. The number of nitrogens with zero attached hydrogens (tertiary/aromatic N) is 1. The van der Waals surface area contributed by atoms with Gasteiger partial charge >= 0.3 is 0 Å². The third-order valence-corrected chi connectivity index (χ3v) is 3.49. The molecule has 0 amide bonds. The first-order valence-corrected chi connectivity index (χ1v) is 6.38. The molecular formula is C14H23N3. The average molecular weight is 233 g/mol. The van der Waals surface area contributed by atoms with Crippen LogP contribution in [0.15, 0.2) is 12.1 Å². The maximum Gasteiger partial charge on any atom is 0.0426 e. The molecule has 94 valence electrons. The Kier molecular flexibility index (Phi) is 3.69. The van der Waals surface area contributed by atoms with Crippen LogP contribution >= 0.6 is 0 Å². The first-order chi connectivity index (χ1) is 8.11. The minimum absolute atomic E-state index is 0.420. The molecule has 0 spiro atoms.